The van der Waals surface area contributed by atoms with Gasteiger partial charge in [0.1, 0.15) is 0 Å². The fourth-order valence-corrected chi connectivity index (χ4v) is 5.60. The quantitative estimate of drug-likeness (QED) is 0.252. The summed E-state index contributed by atoms with van der Waals surface area (Å²) in [5, 5.41) is 21.6. The van der Waals surface area contributed by atoms with Crippen LogP contribution in [0.25, 0.3) is 0 Å². The van der Waals surface area contributed by atoms with Crippen LogP contribution in [0.2, 0.25) is 0 Å². The average molecular weight is 541 g/mol. The molecule has 40 heavy (non-hydrogen) atoms. The second-order valence-corrected chi connectivity index (χ2v) is 11.0. The van der Waals surface area contributed by atoms with Crippen LogP contribution in [0.3, 0.4) is 0 Å². The maximum Gasteiger partial charge on any atom is 0.166 e. The SMILES string of the molecule is Oc1c(C=Nc2ccccc2N=Cc2cccc(OCC3CCCCC3)c2O)cccc1OCC1CCCCC1. The maximum absolute atomic E-state index is 10.8. The van der Waals surface area contributed by atoms with E-state index in [1.54, 1.807) is 24.6 Å². The van der Waals surface area contributed by atoms with Crippen LogP contribution in [0.5, 0.6) is 23.0 Å². The molecule has 0 aromatic heterocycles. The van der Waals surface area contributed by atoms with Crippen molar-refractivity contribution in [3.05, 3.63) is 71.8 Å². The maximum atomic E-state index is 10.8. The van der Waals surface area contributed by atoms with Gasteiger partial charge in [0.2, 0.25) is 0 Å². The lowest BCUT2D eigenvalue weighted by Crippen LogP contribution is -2.15. The molecule has 0 bridgehead atoms. The van der Waals surface area contributed by atoms with E-state index in [1.807, 2.05) is 48.5 Å². The molecule has 2 aliphatic carbocycles. The smallest absolute Gasteiger partial charge is 0.166 e. The van der Waals surface area contributed by atoms with Gasteiger partial charge in [0.05, 0.1) is 24.6 Å². The zero-order valence-electron chi connectivity index (χ0n) is 23.2. The van der Waals surface area contributed by atoms with Crippen LogP contribution >= 0.6 is 0 Å². The first-order valence-corrected chi connectivity index (χ1v) is 14.7. The van der Waals surface area contributed by atoms with Crippen molar-refractivity contribution < 1.29 is 19.7 Å². The molecule has 2 aliphatic rings. The molecular formula is C34H40N2O4. The van der Waals surface area contributed by atoms with Crippen molar-refractivity contribution in [1.29, 1.82) is 0 Å². The first kappa shape index (κ1) is 27.8. The van der Waals surface area contributed by atoms with Gasteiger partial charge in [0, 0.05) is 23.6 Å². The molecule has 0 saturated heterocycles. The number of benzene rings is 3. The molecule has 5 rings (SSSR count). The minimum Gasteiger partial charge on any atom is -0.504 e. The Kier molecular flexibility index (Phi) is 9.72. The lowest BCUT2D eigenvalue weighted by atomic mass is 9.90. The Morgan fingerprint density at radius 1 is 0.575 bits per heavy atom. The van der Waals surface area contributed by atoms with Gasteiger partial charge in [-0.1, -0.05) is 62.8 Å². The highest BCUT2D eigenvalue weighted by molar-refractivity contribution is 5.90. The first-order chi connectivity index (χ1) is 19.7. The standard InChI is InChI=1S/C34H40N2O4/c37-33-27(15-9-19-31(33)39-23-25-11-3-1-4-12-25)21-35-29-17-7-8-18-30(29)36-22-28-16-10-20-32(34(28)38)40-24-26-13-5-2-6-14-26/h7-10,15-22,25-26,37-38H,1-6,11-14,23-24H2. The fraction of sp³-hybridized carbons (Fsp3) is 0.412. The second-order valence-electron chi connectivity index (χ2n) is 11.0. The Morgan fingerprint density at radius 2 is 1.00 bits per heavy atom. The Morgan fingerprint density at radius 3 is 1.43 bits per heavy atom. The van der Waals surface area contributed by atoms with Crippen LogP contribution in [0.1, 0.15) is 75.3 Å². The molecule has 6 nitrogen and oxygen atoms in total. The normalized spacial score (nSPS) is 17.0. The summed E-state index contributed by atoms with van der Waals surface area (Å²) in [6, 6.07) is 18.5. The van der Waals surface area contributed by atoms with Crippen LogP contribution in [0, 0.1) is 11.8 Å². The number of hydrogen-bond donors (Lipinski definition) is 2. The van der Waals surface area contributed by atoms with Crippen LogP contribution in [0.4, 0.5) is 11.4 Å². The number of para-hydroxylation sites is 4. The van der Waals surface area contributed by atoms with Crippen molar-refractivity contribution in [3.8, 4) is 23.0 Å². The van der Waals surface area contributed by atoms with Gasteiger partial charge in [-0.3, -0.25) is 9.98 Å². The lowest BCUT2D eigenvalue weighted by Gasteiger charge is -2.22. The molecule has 6 heteroatoms. The lowest BCUT2D eigenvalue weighted by molar-refractivity contribution is 0.203. The van der Waals surface area contributed by atoms with E-state index >= 15 is 0 Å². The van der Waals surface area contributed by atoms with E-state index in [1.165, 1.54) is 64.2 Å². The van der Waals surface area contributed by atoms with Gasteiger partial charge in [0.25, 0.3) is 0 Å². The van der Waals surface area contributed by atoms with Gasteiger partial charge in [-0.25, -0.2) is 0 Å². The summed E-state index contributed by atoms with van der Waals surface area (Å²) in [6.45, 7) is 1.26. The summed E-state index contributed by atoms with van der Waals surface area (Å²) in [5.74, 6) is 2.28. The number of ether oxygens (including phenoxy) is 2. The number of rotatable bonds is 10. The topological polar surface area (TPSA) is 83.6 Å². The van der Waals surface area contributed by atoms with E-state index in [0.29, 0.717) is 59.1 Å². The van der Waals surface area contributed by atoms with Gasteiger partial charge in [-0.05, 0) is 73.9 Å². The predicted molar refractivity (Wildman–Crippen MR) is 161 cm³/mol. The molecule has 3 aromatic carbocycles. The molecule has 0 heterocycles. The summed E-state index contributed by atoms with van der Waals surface area (Å²) in [5.41, 5.74) is 2.47. The molecule has 0 radical (unpaired) electrons. The van der Waals surface area contributed by atoms with E-state index in [0.717, 1.165) is 0 Å². The zero-order valence-corrected chi connectivity index (χ0v) is 23.2. The highest BCUT2D eigenvalue weighted by Crippen LogP contribution is 2.34. The van der Waals surface area contributed by atoms with Crippen molar-refractivity contribution >= 4 is 23.8 Å². The third kappa shape index (κ3) is 7.44. The highest BCUT2D eigenvalue weighted by atomic mass is 16.5. The molecule has 210 valence electrons. The van der Waals surface area contributed by atoms with Crippen molar-refractivity contribution in [2.75, 3.05) is 13.2 Å². The molecule has 0 atom stereocenters. The van der Waals surface area contributed by atoms with Gasteiger partial charge < -0.3 is 19.7 Å². The monoisotopic (exact) mass is 540 g/mol. The Bertz CT molecular complexity index is 1210. The van der Waals surface area contributed by atoms with Gasteiger partial charge in [-0.15, -0.1) is 0 Å². The molecule has 2 fully saturated rings. The molecule has 2 saturated carbocycles. The van der Waals surface area contributed by atoms with E-state index in [9.17, 15) is 10.2 Å². The van der Waals surface area contributed by atoms with Gasteiger partial charge >= 0.3 is 0 Å². The van der Waals surface area contributed by atoms with E-state index in [2.05, 4.69) is 9.98 Å². The first-order valence-electron chi connectivity index (χ1n) is 14.7. The molecule has 0 spiro atoms. The summed E-state index contributed by atoms with van der Waals surface area (Å²) >= 11 is 0. The fourth-order valence-electron chi connectivity index (χ4n) is 5.60. The Balaban J connectivity index is 1.26. The van der Waals surface area contributed by atoms with Gasteiger partial charge in [-0.2, -0.15) is 0 Å². The van der Waals surface area contributed by atoms with Crippen LogP contribution in [-0.2, 0) is 0 Å². The number of phenols is 2. The van der Waals surface area contributed by atoms with Crippen LogP contribution in [0.15, 0.2) is 70.6 Å². The average Bonchev–Trinajstić information content (AvgIpc) is 3.00. The zero-order chi connectivity index (χ0) is 27.6. The summed E-state index contributed by atoms with van der Waals surface area (Å²) in [6.07, 6.45) is 15.7. The summed E-state index contributed by atoms with van der Waals surface area (Å²) < 4.78 is 12.0. The molecule has 2 N–H and O–H groups in total. The minimum atomic E-state index is 0.0954. The molecule has 0 aliphatic heterocycles. The summed E-state index contributed by atoms with van der Waals surface area (Å²) in [7, 11) is 0. The van der Waals surface area contributed by atoms with Crippen molar-refractivity contribution in [2.24, 2.45) is 21.8 Å². The molecule has 3 aromatic rings. The third-order valence-electron chi connectivity index (χ3n) is 8.03. The van der Waals surface area contributed by atoms with Crippen molar-refractivity contribution in [3.63, 3.8) is 0 Å². The molecule has 0 unspecified atom stereocenters. The second kappa shape index (κ2) is 14.0. The number of hydrogen-bond acceptors (Lipinski definition) is 6. The summed E-state index contributed by atoms with van der Waals surface area (Å²) in [4.78, 5) is 9.24. The number of phenolic OH excluding ortho intramolecular Hbond substituents is 2. The van der Waals surface area contributed by atoms with Crippen molar-refractivity contribution in [1.82, 2.24) is 0 Å². The van der Waals surface area contributed by atoms with E-state index in [-0.39, 0.29) is 11.5 Å². The predicted octanol–water partition coefficient (Wildman–Crippen LogP) is 8.52. The largest absolute Gasteiger partial charge is 0.504 e. The van der Waals surface area contributed by atoms with E-state index < -0.39 is 0 Å². The highest BCUT2D eigenvalue weighted by Gasteiger charge is 2.17. The van der Waals surface area contributed by atoms with E-state index in [4.69, 9.17) is 9.47 Å². The minimum absolute atomic E-state index is 0.0954. The van der Waals surface area contributed by atoms with Crippen LogP contribution in [-0.4, -0.2) is 35.9 Å². The number of nitrogens with zero attached hydrogens (tertiary/aromatic N) is 2. The molecular weight excluding hydrogens is 500 g/mol. The number of aromatic hydroxyl groups is 2. The van der Waals surface area contributed by atoms with Crippen LogP contribution < -0.4 is 9.47 Å². The van der Waals surface area contributed by atoms with Crippen molar-refractivity contribution in [2.45, 2.75) is 64.2 Å². The Labute approximate surface area is 237 Å². The number of aliphatic imine (C=N–C) groups is 2. The third-order valence-corrected chi connectivity index (χ3v) is 8.03. The van der Waals surface area contributed by atoms with Gasteiger partial charge in [0.15, 0.2) is 23.0 Å². The molecule has 0 amide bonds. The Hall–Kier alpha value is -3.80.